The molecule has 0 saturated carbocycles. The van der Waals surface area contributed by atoms with Crippen molar-refractivity contribution in [3.63, 3.8) is 0 Å². The Kier molecular flexibility index (Phi) is 6.09. The first kappa shape index (κ1) is 24.2. The number of hydrogen-bond acceptors (Lipinski definition) is 6. The van der Waals surface area contributed by atoms with Gasteiger partial charge in [0.2, 0.25) is 10.0 Å². The Morgan fingerprint density at radius 3 is 2.49 bits per heavy atom. The van der Waals surface area contributed by atoms with E-state index in [1.807, 2.05) is 24.3 Å². The molecule has 1 atom stereocenters. The molecule has 1 aromatic heterocycles. The van der Waals surface area contributed by atoms with Crippen LogP contribution < -0.4 is 0 Å². The Balaban J connectivity index is 1.30. The molecule has 2 fully saturated rings. The molecule has 6 rings (SSSR count). The van der Waals surface area contributed by atoms with Gasteiger partial charge in [-0.15, -0.1) is 0 Å². The SMILES string of the molecule is CS(=O)(=O)N1CCC(CN2C(=O)C3(CCOCC3)N=C2c2ccc(-c3ccc4cccnc4c3)cc2)C1. The maximum Gasteiger partial charge on any atom is 0.256 e. The predicted molar refractivity (Wildman–Crippen MR) is 143 cm³/mol. The lowest BCUT2D eigenvalue weighted by Gasteiger charge is -2.30. The number of benzene rings is 2. The second kappa shape index (κ2) is 9.31. The molecule has 0 bridgehead atoms. The maximum atomic E-state index is 13.8. The molecule has 2 saturated heterocycles. The molecule has 3 aromatic rings. The lowest BCUT2D eigenvalue weighted by molar-refractivity contribution is -0.134. The normalized spacial score (nSPS) is 22.2. The largest absolute Gasteiger partial charge is 0.381 e. The van der Waals surface area contributed by atoms with Crippen molar-refractivity contribution in [2.75, 3.05) is 39.1 Å². The van der Waals surface area contributed by atoms with Crippen molar-refractivity contribution in [3.05, 3.63) is 66.4 Å². The van der Waals surface area contributed by atoms with E-state index in [-0.39, 0.29) is 11.8 Å². The minimum Gasteiger partial charge on any atom is -0.381 e. The number of aliphatic imine (C=N–C) groups is 1. The summed E-state index contributed by atoms with van der Waals surface area (Å²) >= 11 is 0. The van der Waals surface area contributed by atoms with Gasteiger partial charge in [0.05, 0.1) is 11.8 Å². The fraction of sp³-hybridized carbons (Fsp3) is 0.393. The van der Waals surface area contributed by atoms with Gasteiger partial charge in [-0.25, -0.2) is 12.7 Å². The molecule has 37 heavy (non-hydrogen) atoms. The summed E-state index contributed by atoms with van der Waals surface area (Å²) in [5, 5.41) is 1.10. The summed E-state index contributed by atoms with van der Waals surface area (Å²) in [6.45, 7) is 2.41. The quantitative estimate of drug-likeness (QED) is 0.517. The van der Waals surface area contributed by atoms with Crippen LogP contribution in [0.1, 0.15) is 24.8 Å². The molecule has 2 aromatic carbocycles. The van der Waals surface area contributed by atoms with E-state index in [0.717, 1.165) is 34.0 Å². The number of fused-ring (bicyclic) bond motifs is 1. The Morgan fingerprint density at radius 2 is 1.76 bits per heavy atom. The fourth-order valence-corrected chi connectivity index (χ4v) is 6.56. The van der Waals surface area contributed by atoms with Crippen LogP contribution in [-0.2, 0) is 19.6 Å². The zero-order valence-electron chi connectivity index (χ0n) is 20.8. The summed E-state index contributed by atoms with van der Waals surface area (Å²) < 4.78 is 31.1. The van der Waals surface area contributed by atoms with E-state index in [9.17, 15) is 13.2 Å². The Morgan fingerprint density at radius 1 is 1.03 bits per heavy atom. The van der Waals surface area contributed by atoms with Gasteiger partial charge in [-0.1, -0.05) is 42.5 Å². The molecule has 192 valence electrons. The van der Waals surface area contributed by atoms with Crippen molar-refractivity contribution in [1.82, 2.24) is 14.2 Å². The first-order valence-corrected chi connectivity index (χ1v) is 14.6. The molecular weight excluding hydrogens is 488 g/mol. The highest BCUT2D eigenvalue weighted by molar-refractivity contribution is 7.88. The zero-order chi connectivity index (χ0) is 25.6. The predicted octanol–water partition coefficient (Wildman–Crippen LogP) is 3.32. The molecule has 1 spiro atoms. The van der Waals surface area contributed by atoms with Crippen molar-refractivity contribution >= 4 is 32.7 Å². The van der Waals surface area contributed by atoms with Crippen LogP contribution in [0, 0.1) is 5.92 Å². The maximum absolute atomic E-state index is 13.8. The molecule has 1 amide bonds. The molecule has 9 heteroatoms. The molecule has 0 radical (unpaired) electrons. The number of carbonyl (C=O) groups excluding carboxylic acids is 1. The summed E-state index contributed by atoms with van der Waals surface area (Å²) in [6, 6.07) is 18.4. The number of sulfonamides is 1. The van der Waals surface area contributed by atoms with Gasteiger partial charge >= 0.3 is 0 Å². The Labute approximate surface area is 217 Å². The van der Waals surface area contributed by atoms with Gasteiger partial charge in [0.1, 0.15) is 11.4 Å². The number of pyridine rings is 1. The third-order valence-electron chi connectivity index (χ3n) is 7.78. The van der Waals surface area contributed by atoms with E-state index < -0.39 is 15.6 Å². The number of aromatic nitrogens is 1. The molecule has 3 aliphatic heterocycles. The van der Waals surface area contributed by atoms with E-state index in [1.54, 1.807) is 11.1 Å². The van der Waals surface area contributed by atoms with Crippen molar-refractivity contribution in [3.8, 4) is 11.1 Å². The molecule has 3 aliphatic rings. The molecule has 0 N–H and O–H groups in total. The number of rotatable bonds is 5. The number of amides is 1. The summed E-state index contributed by atoms with van der Waals surface area (Å²) in [5.41, 5.74) is 3.19. The number of carbonyl (C=O) groups is 1. The first-order valence-electron chi connectivity index (χ1n) is 12.7. The van der Waals surface area contributed by atoms with Gasteiger partial charge in [-0.2, -0.15) is 0 Å². The highest BCUT2D eigenvalue weighted by atomic mass is 32.2. The summed E-state index contributed by atoms with van der Waals surface area (Å²) in [6.07, 6.45) is 4.90. The Bertz CT molecular complexity index is 1480. The average molecular weight is 519 g/mol. The summed E-state index contributed by atoms with van der Waals surface area (Å²) in [4.78, 5) is 25.1. The van der Waals surface area contributed by atoms with Crippen molar-refractivity contribution < 1.29 is 17.9 Å². The van der Waals surface area contributed by atoms with Crippen LogP contribution in [0.15, 0.2) is 65.8 Å². The van der Waals surface area contributed by atoms with Crippen LogP contribution in [0.4, 0.5) is 0 Å². The van der Waals surface area contributed by atoms with Gasteiger partial charge in [0.25, 0.3) is 5.91 Å². The van der Waals surface area contributed by atoms with E-state index in [2.05, 4.69) is 35.3 Å². The number of hydrogen-bond donors (Lipinski definition) is 0. The molecule has 1 unspecified atom stereocenters. The lowest BCUT2D eigenvalue weighted by Crippen LogP contribution is -2.47. The van der Waals surface area contributed by atoms with E-state index in [0.29, 0.717) is 51.5 Å². The van der Waals surface area contributed by atoms with E-state index in [1.165, 1.54) is 10.6 Å². The molecular formula is C28H30N4O4S. The van der Waals surface area contributed by atoms with Gasteiger partial charge in [-0.3, -0.25) is 19.7 Å². The summed E-state index contributed by atoms with van der Waals surface area (Å²) in [5.74, 6) is 0.757. The third-order valence-corrected chi connectivity index (χ3v) is 9.05. The number of amidine groups is 1. The first-order chi connectivity index (χ1) is 17.8. The van der Waals surface area contributed by atoms with E-state index in [4.69, 9.17) is 9.73 Å². The number of ether oxygens (including phenoxy) is 1. The van der Waals surface area contributed by atoms with Crippen molar-refractivity contribution in [1.29, 1.82) is 0 Å². The van der Waals surface area contributed by atoms with Crippen molar-refractivity contribution in [2.24, 2.45) is 10.9 Å². The van der Waals surface area contributed by atoms with Crippen LogP contribution in [0.5, 0.6) is 0 Å². The van der Waals surface area contributed by atoms with Gasteiger partial charge in [-0.05, 0) is 35.6 Å². The average Bonchev–Trinajstić information content (AvgIpc) is 3.49. The lowest BCUT2D eigenvalue weighted by atomic mass is 9.90. The second-order valence-corrected chi connectivity index (χ2v) is 12.2. The van der Waals surface area contributed by atoms with Gasteiger partial charge < -0.3 is 4.74 Å². The Hall–Kier alpha value is -3.14. The van der Waals surface area contributed by atoms with Crippen molar-refractivity contribution in [2.45, 2.75) is 24.8 Å². The minimum absolute atomic E-state index is 0.00767. The standard InChI is InChI=1S/C28H30N4O4S/c1-37(34,35)31-14-10-20(18-31)19-32-26(30-28(27(32)33)11-15-36-16-12-28)23-7-4-21(5-8-23)24-9-6-22-3-2-13-29-25(22)17-24/h2-9,13,17,20H,10-12,14-16,18-19H2,1H3. The zero-order valence-corrected chi connectivity index (χ0v) is 21.7. The third kappa shape index (κ3) is 4.56. The van der Waals surface area contributed by atoms with Crippen LogP contribution in [-0.4, -0.2) is 79.0 Å². The molecule has 4 heterocycles. The second-order valence-electron chi connectivity index (χ2n) is 10.3. The van der Waals surface area contributed by atoms with E-state index >= 15 is 0 Å². The smallest absolute Gasteiger partial charge is 0.256 e. The molecule has 8 nitrogen and oxygen atoms in total. The molecule has 0 aliphatic carbocycles. The minimum atomic E-state index is -3.24. The van der Waals surface area contributed by atoms with Gasteiger partial charge in [0, 0.05) is 62.8 Å². The topological polar surface area (TPSA) is 92.2 Å². The fourth-order valence-electron chi connectivity index (χ4n) is 5.65. The summed E-state index contributed by atoms with van der Waals surface area (Å²) in [7, 11) is -3.24. The highest BCUT2D eigenvalue weighted by Gasteiger charge is 2.50. The number of nitrogens with zero attached hydrogens (tertiary/aromatic N) is 4. The monoisotopic (exact) mass is 518 g/mol. The van der Waals surface area contributed by atoms with Gasteiger partial charge in [0.15, 0.2) is 0 Å². The van der Waals surface area contributed by atoms with Crippen LogP contribution in [0.3, 0.4) is 0 Å². The van der Waals surface area contributed by atoms with Crippen LogP contribution in [0.25, 0.3) is 22.0 Å². The van der Waals surface area contributed by atoms with Crippen LogP contribution in [0.2, 0.25) is 0 Å². The van der Waals surface area contributed by atoms with Crippen LogP contribution >= 0.6 is 0 Å². The highest BCUT2D eigenvalue weighted by Crippen LogP contribution is 2.36.